The Hall–Kier alpha value is -0.950. The Kier molecular flexibility index (Phi) is 50.3. The minimum atomic E-state index is -5.02. The molecule has 0 amide bonds. The van der Waals surface area contributed by atoms with Gasteiger partial charge in [-0.3, -0.25) is 9.32 Å². The van der Waals surface area contributed by atoms with Gasteiger partial charge in [0.2, 0.25) is 11.4 Å². The lowest BCUT2D eigenvalue weighted by atomic mass is 9.83. The van der Waals surface area contributed by atoms with Crippen molar-refractivity contribution < 1.29 is 58.4 Å². The molecule has 0 rings (SSSR count). The number of phosphoric acid groups is 1. The molecule has 0 aromatic heterocycles. The molecule has 12 nitrogen and oxygen atoms in total. The average Bonchev–Trinajstić information content (AvgIpc) is 3.37. The summed E-state index contributed by atoms with van der Waals surface area (Å²) in [4.78, 5) is 46.9. The molecule has 0 bridgehead atoms. The van der Waals surface area contributed by atoms with E-state index in [4.69, 9.17) is 9.47 Å². The first-order valence-corrected chi connectivity index (χ1v) is 33.7. The number of ketones is 1. The van der Waals surface area contributed by atoms with Gasteiger partial charge in [0.25, 0.3) is 0 Å². The number of unbranched alkanes of at least 4 members (excludes halogenated alkanes) is 36. The summed E-state index contributed by atoms with van der Waals surface area (Å²) in [5, 5.41) is 45.5. The Morgan fingerprint density at radius 1 is 0.408 bits per heavy atom. The van der Waals surface area contributed by atoms with Crippen molar-refractivity contribution in [1.82, 2.24) is 0 Å². The van der Waals surface area contributed by atoms with Gasteiger partial charge in [0.15, 0.2) is 0 Å². The van der Waals surface area contributed by atoms with Crippen LogP contribution in [-0.4, -0.2) is 91.8 Å². The molecule has 0 heterocycles. The summed E-state index contributed by atoms with van der Waals surface area (Å²) in [6.07, 6.45) is 41.0. The third kappa shape index (κ3) is 45.7. The largest absolute Gasteiger partial charge is 0.469 e. The van der Waals surface area contributed by atoms with Gasteiger partial charge in [-0.05, 0) is 37.0 Å². The smallest absolute Gasteiger partial charge is 0.455 e. The Morgan fingerprint density at radius 2 is 0.684 bits per heavy atom. The number of phosphoric ester groups is 1. The van der Waals surface area contributed by atoms with Crippen LogP contribution in [0.3, 0.4) is 0 Å². The molecule has 76 heavy (non-hydrogen) atoms. The second-order valence-corrected chi connectivity index (χ2v) is 25.7. The standard InChI is InChI=1S/C63H125O12P/c1-54(2)46-40-34-28-22-16-10-7-13-19-25-31-37-43-49-58(64)60(66)61(67)63(69,59(65)50-44-38-32-26-20-14-8-11-17-23-29-35-41-47-55(3)4)62(68)75-57(53-74-76(70,71)72)52-73-51-45-39-33-27-21-15-9-12-18-24-30-36-42-48-56(5)6/h54-60,64-66,69H,7-53H2,1-6H3,(H2,70,71,72). The summed E-state index contributed by atoms with van der Waals surface area (Å²) in [6, 6.07) is 0. The fourth-order valence-corrected chi connectivity index (χ4v) is 10.7. The van der Waals surface area contributed by atoms with Crippen molar-refractivity contribution in [2.24, 2.45) is 17.8 Å². The third-order valence-electron chi connectivity index (χ3n) is 15.4. The van der Waals surface area contributed by atoms with Gasteiger partial charge in [-0.15, -0.1) is 0 Å². The molecule has 0 aliphatic rings. The van der Waals surface area contributed by atoms with E-state index in [1.165, 1.54) is 173 Å². The molecule has 13 heteroatoms. The van der Waals surface area contributed by atoms with E-state index >= 15 is 0 Å². The van der Waals surface area contributed by atoms with Gasteiger partial charge in [-0.1, -0.05) is 305 Å². The van der Waals surface area contributed by atoms with Crippen molar-refractivity contribution in [3.05, 3.63) is 0 Å². The van der Waals surface area contributed by atoms with E-state index in [1.54, 1.807) is 0 Å². The molecule has 0 spiro atoms. The summed E-state index contributed by atoms with van der Waals surface area (Å²) < 4.78 is 27.6. The number of carbonyl (C=O) groups excluding carboxylic acids is 2. The molecule has 0 aromatic carbocycles. The molecule has 6 N–H and O–H groups in total. The van der Waals surface area contributed by atoms with E-state index in [-0.39, 0.29) is 26.1 Å². The average molecular weight is 1110 g/mol. The maximum absolute atomic E-state index is 14.0. The SMILES string of the molecule is CC(C)CCCCCCCCCCCCCCCOCC(COP(=O)(O)O)OC(=O)C(O)(C(=O)C(O)C(O)CCCCCCCCCCCCCCCC(C)C)C(O)CCCCCCCCCCCCCCCC(C)C. The van der Waals surface area contributed by atoms with Gasteiger partial charge < -0.3 is 39.7 Å². The highest BCUT2D eigenvalue weighted by molar-refractivity contribution is 7.46. The molecule has 0 aliphatic heterocycles. The summed E-state index contributed by atoms with van der Waals surface area (Å²) in [6.45, 7) is 12.8. The van der Waals surface area contributed by atoms with Crippen LogP contribution < -0.4 is 0 Å². The predicted octanol–water partition coefficient (Wildman–Crippen LogP) is 16.5. The van der Waals surface area contributed by atoms with Crippen LogP contribution in [0.1, 0.15) is 324 Å². The van der Waals surface area contributed by atoms with Gasteiger partial charge in [0.05, 0.1) is 19.3 Å². The molecule has 0 aliphatic carbocycles. The van der Waals surface area contributed by atoms with Gasteiger partial charge in [0, 0.05) is 6.61 Å². The molecule has 454 valence electrons. The van der Waals surface area contributed by atoms with Gasteiger partial charge in [0.1, 0.15) is 18.3 Å². The lowest BCUT2D eigenvalue weighted by Crippen LogP contribution is -2.62. The normalized spacial score (nSPS) is 14.7. The van der Waals surface area contributed by atoms with Crippen LogP contribution in [0.5, 0.6) is 0 Å². The fraction of sp³-hybridized carbons (Fsp3) is 0.968. The molecule has 0 radical (unpaired) electrons. The molecule has 5 atom stereocenters. The fourth-order valence-electron chi connectivity index (χ4n) is 10.3. The van der Waals surface area contributed by atoms with Gasteiger partial charge in [-0.25, -0.2) is 9.36 Å². The van der Waals surface area contributed by atoms with E-state index < -0.39 is 56.2 Å². The van der Waals surface area contributed by atoms with E-state index in [2.05, 4.69) is 46.1 Å². The van der Waals surface area contributed by atoms with E-state index in [9.17, 15) is 44.4 Å². The third-order valence-corrected chi connectivity index (χ3v) is 15.9. The predicted molar refractivity (Wildman–Crippen MR) is 314 cm³/mol. The number of carbonyl (C=O) groups is 2. The highest BCUT2D eigenvalue weighted by atomic mass is 31.2. The van der Waals surface area contributed by atoms with Crippen LogP contribution >= 0.6 is 7.82 Å². The van der Waals surface area contributed by atoms with Crippen molar-refractivity contribution >= 4 is 19.6 Å². The first-order valence-electron chi connectivity index (χ1n) is 32.2. The van der Waals surface area contributed by atoms with E-state index in [0.29, 0.717) is 25.7 Å². The Labute approximate surface area is 467 Å². The zero-order chi connectivity index (χ0) is 56.6. The van der Waals surface area contributed by atoms with Crippen molar-refractivity contribution in [2.75, 3.05) is 19.8 Å². The first kappa shape index (κ1) is 75.0. The molecule has 0 saturated carbocycles. The Balaban J connectivity index is 5.21. The highest BCUT2D eigenvalue weighted by Gasteiger charge is 2.55. The van der Waals surface area contributed by atoms with Crippen LogP contribution in [-0.2, 0) is 28.2 Å². The maximum atomic E-state index is 14.0. The van der Waals surface area contributed by atoms with Crippen molar-refractivity contribution in [1.29, 1.82) is 0 Å². The van der Waals surface area contributed by atoms with Gasteiger partial charge >= 0.3 is 13.8 Å². The van der Waals surface area contributed by atoms with Crippen molar-refractivity contribution in [3.8, 4) is 0 Å². The molecular formula is C63H125O12P. The van der Waals surface area contributed by atoms with Crippen molar-refractivity contribution in [2.45, 2.75) is 354 Å². The van der Waals surface area contributed by atoms with Crippen LogP contribution in [0.4, 0.5) is 0 Å². The number of esters is 1. The second-order valence-electron chi connectivity index (χ2n) is 24.5. The molecule has 0 saturated heterocycles. The first-order chi connectivity index (χ1) is 36.4. The zero-order valence-corrected chi connectivity index (χ0v) is 51.2. The number of hydrogen-bond donors (Lipinski definition) is 6. The lowest BCUT2D eigenvalue weighted by Gasteiger charge is -2.33. The zero-order valence-electron chi connectivity index (χ0n) is 50.4. The lowest BCUT2D eigenvalue weighted by molar-refractivity contribution is -0.196. The minimum Gasteiger partial charge on any atom is -0.455 e. The summed E-state index contributed by atoms with van der Waals surface area (Å²) in [7, 11) is -5.02. The molecule has 0 fully saturated rings. The number of hydrogen-bond acceptors (Lipinski definition) is 10. The van der Waals surface area contributed by atoms with Crippen molar-refractivity contribution in [3.63, 3.8) is 0 Å². The summed E-state index contributed by atoms with van der Waals surface area (Å²) in [5.74, 6) is -0.715. The van der Waals surface area contributed by atoms with Crippen LogP contribution in [0.2, 0.25) is 0 Å². The minimum absolute atomic E-state index is 0.0508. The van der Waals surface area contributed by atoms with E-state index in [0.717, 1.165) is 88.4 Å². The van der Waals surface area contributed by atoms with E-state index in [1.807, 2.05) is 0 Å². The number of aliphatic hydroxyl groups is 4. The van der Waals surface area contributed by atoms with Crippen LogP contribution in [0, 0.1) is 17.8 Å². The topological polar surface area (TPSA) is 200 Å². The monoisotopic (exact) mass is 1100 g/mol. The van der Waals surface area contributed by atoms with Crippen LogP contribution in [0.25, 0.3) is 0 Å². The molecule has 5 unspecified atom stereocenters. The number of aliphatic hydroxyl groups excluding tert-OH is 3. The summed E-state index contributed by atoms with van der Waals surface area (Å²) in [5.41, 5.74) is -3.27. The Morgan fingerprint density at radius 3 is 0.987 bits per heavy atom. The number of Topliss-reactive ketones (excluding diaryl/α,β-unsaturated/α-hetero) is 1. The molecular weight excluding hydrogens is 980 g/mol. The molecule has 0 aromatic rings. The number of ether oxygens (including phenoxy) is 2. The van der Waals surface area contributed by atoms with Gasteiger partial charge in [-0.2, -0.15) is 0 Å². The quantitative estimate of drug-likeness (QED) is 0.0146. The second kappa shape index (κ2) is 51.0. The number of rotatable bonds is 59. The highest BCUT2D eigenvalue weighted by Crippen LogP contribution is 2.36. The Bertz CT molecular complexity index is 1340. The maximum Gasteiger partial charge on any atom is 0.469 e. The summed E-state index contributed by atoms with van der Waals surface area (Å²) >= 11 is 0. The van der Waals surface area contributed by atoms with Crippen LogP contribution in [0.15, 0.2) is 0 Å².